The van der Waals surface area contributed by atoms with Crippen LogP contribution in [-0.2, 0) is 6.42 Å². The van der Waals surface area contributed by atoms with Gasteiger partial charge in [-0.05, 0) is 43.6 Å². The lowest BCUT2D eigenvalue weighted by Gasteiger charge is -2.18. The van der Waals surface area contributed by atoms with Crippen molar-refractivity contribution in [2.75, 3.05) is 0 Å². The summed E-state index contributed by atoms with van der Waals surface area (Å²) in [5, 5.41) is 2.04. The molecule has 1 saturated carbocycles. The predicted octanol–water partition coefficient (Wildman–Crippen LogP) is 2.90. The number of hydrogen-bond donors (Lipinski definition) is 1. The summed E-state index contributed by atoms with van der Waals surface area (Å²) in [6, 6.07) is 4.18. The van der Waals surface area contributed by atoms with Gasteiger partial charge in [-0.1, -0.05) is 6.07 Å². The van der Waals surface area contributed by atoms with Crippen molar-refractivity contribution in [2.45, 2.75) is 43.8 Å². The highest BCUT2D eigenvalue weighted by molar-refractivity contribution is 7.09. The topological polar surface area (TPSA) is 26.0 Å². The van der Waals surface area contributed by atoms with Crippen molar-refractivity contribution in [1.29, 1.82) is 0 Å². The summed E-state index contributed by atoms with van der Waals surface area (Å²) in [5.41, 5.74) is 4.74. The Balaban J connectivity index is 1.86. The molecule has 78 valence electrons. The highest BCUT2D eigenvalue weighted by Gasteiger charge is 2.37. The lowest BCUT2D eigenvalue weighted by Crippen LogP contribution is -2.23. The van der Waals surface area contributed by atoms with Gasteiger partial charge in [0.15, 0.2) is 0 Å². The van der Waals surface area contributed by atoms with E-state index in [4.69, 9.17) is 5.73 Å². The van der Waals surface area contributed by atoms with E-state index < -0.39 is 5.67 Å². The molecule has 0 aliphatic heterocycles. The fourth-order valence-electron chi connectivity index (χ4n) is 2.15. The Morgan fingerprint density at radius 3 is 3.07 bits per heavy atom. The molecule has 1 aliphatic rings. The largest absolute Gasteiger partial charge is 0.328 e. The minimum absolute atomic E-state index is 0.0864. The minimum atomic E-state index is -0.983. The van der Waals surface area contributed by atoms with Gasteiger partial charge in [0.05, 0.1) is 0 Å². The maximum atomic E-state index is 14.1. The van der Waals surface area contributed by atoms with Crippen LogP contribution < -0.4 is 5.73 Å². The van der Waals surface area contributed by atoms with Gasteiger partial charge in [-0.25, -0.2) is 4.39 Å². The van der Waals surface area contributed by atoms with Crippen molar-refractivity contribution in [2.24, 2.45) is 5.73 Å². The van der Waals surface area contributed by atoms with Crippen molar-refractivity contribution in [1.82, 2.24) is 0 Å². The van der Waals surface area contributed by atoms with Crippen LogP contribution in [0.25, 0.3) is 0 Å². The summed E-state index contributed by atoms with van der Waals surface area (Å²) >= 11 is 1.71. The van der Waals surface area contributed by atoms with Crippen LogP contribution >= 0.6 is 11.3 Å². The molecule has 0 spiro atoms. The van der Waals surface area contributed by atoms with Crippen LogP contribution in [0.1, 0.15) is 30.6 Å². The zero-order valence-corrected chi connectivity index (χ0v) is 9.02. The summed E-state index contributed by atoms with van der Waals surface area (Å²) in [5.74, 6) is 0. The number of thiophene rings is 1. The highest BCUT2D eigenvalue weighted by Crippen LogP contribution is 2.36. The highest BCUT2D eigenvalue weighted by atomic mass is 32.1. The maximum absolute atomic E-state index is 14.1. The van der Waals surface area contributed by atoms with Crippen molar-refractivity contribution >= 4 is 11.3 Å². The zero-order chi connectivity index (χ0) is 10.0. The van der Waals surface area contributed by atoms with Crippen LogP contribution in [0, 0.1) is 0 Å². The van der Waals surface area contributed by atoms with Gasteiger partial charge in [0.25, 0.3) is 0 Å². The maximum Gasteiger partial charge on any atom is 0.113 e. The molecule has 0 bridgehead atoms. The van der Waals surface area contributed by atoms with Crippen molar-refractivity contribution in [3.05, 3.63) is 22.4 Å². The van der Waals surface area contributed by atoms with Crippen LogP contribution in [0.4, 0.5) is 4.39 Å². The summed E-state index contributed by atoms with van der Waals surface area (Å²) < 4.78 is 14.1. The van der Waals surface area contributed by atoms with Gasteiger partial charge in [0, 0.05) is 10.9 Å². The molecule has 1 fully saturated rings. The Labute approximate surface area is 88.1 Å². The third-order valence-electron chi connectivity index (χ3n) is 2.99. The fourth-order valence-corrected chi connectivity index (χ4v) is 2.86. The van der Waals surface area contributed by atoms with E-state index in [-0.39, 0.29) is 6.04 Å². The monoisotopic (exact) mass is 213 g/mol. The molecule has 0 saturated heterocycles. The number of halogens is 1. The minimum Gasteiger partial charge on any atom is -0.328 e. The summed E-state index contributed by atoms with van der Waals surface area (Å²) in [7, 11) is 0. The Morgan fingerprint density at radius 1 is 1.64 bits per heavy atom. The number of rotatable bonds is 3. The Morgan fingerprint density at radius 2 is 2.50 bits per heavy atom. The Hall–Kier alpha value is -0.410. The van der Waals surface area contributed by atoms with E-state index in [2.05, 4.69) is 6.07 Å². The standard InChI is InChI=1S/C11H16FNS/c12-11(5-3-9(13)8-11)6-4-10-2-1-7-14-10/h1-2,7,9H,3-6,8,13H2. The molecular formula is C11H16FNS. The lowest BCUT2D eigenvalue weighted by molar-refractivity contribution is 0.157. The van der Waals surface area contributed by atoms with Crippen LogP contribution in [-0.4, -0.2) is 11.7 Å². The second-order valence-corrected chi connectivity index (χ2v) is 5.27. The summed E-state index contributed by atoms with van der Waals surface area (Å²) in [6.45, 7) is 0. The number of alkyl halides is 1. The molecule has 0 amide bonds. The smallest absolute Gasteiger partial charge is 0.113 e. The lowest BCUT2D eigenvalue weighted by atomic mass is 9.97. The van der Waals surface area contributed by atoms with Crippen molar-refractivity contribution in [3.63, 3.8) is 0 Å². The first-order valence-corrected chi connectivity index (χ1v) is 6.03. The molecule has 2 unspecified atom stereocenters. The average molecular weight is 213 g/mol. The molecular weight excluding hydrogens is 197 g/mol. The molecule has 3 heteroatoms. The van der Waals surface area contributed by atoms with E-state index in [0.717, 1.165) is 12.8 Å². The Bertz CT molecular complexity index is 285. The molecule has 0 radical (unpaired) electrons. The molecule has 1 nitrogen and oxygen atoms in total. The first-order valence-electron chi connectivity index (χ1n) is 5.15. The SMILES string of the molecule is NC1CCC(F)(CCc2cccs2)C1. The first-order chi connectivity index (χ1) is 6.68. The molecule has 2 rings (SSSR count). The molecule has 1 aliphatic carbocycles. The second-order valence-electron chi connectivity index (χ2n) is 4.23. The molecule has 1 aromatic heterocycles. The summed E-state index contributed by atoms with van der Waals surface area (Å²) in [4.78, 5) is 1.28. The van der Waals surface area contributed by atoms with Crippen molar-refractivity contribution in [3.8, 4) is 0 Å². The van der Waals surface area contributed by atoms with Gasteiger partial charge in [-0.2, -0.15) is 0 Å². The number of hydrogen-bond acceptors (Lipinski definition) is 2. The predicted molar refractivity (Wildman–Crippen MR) is 58.3 cm³/mol. The molecule has 14 heavy (non-hydrogen) atoms. The van der Waals surface area contributed by atoms with E-state index in [9.17, 15) is 4.39 Å². The second kappa shape index (κ2) is 3.99. The van der Waals surface area contributed by atoms with Crippen LogP contribution in [0.5, 0.6) is 0 Å². The molecule has 1 aromatic rings. The Kier molecular flexibility index (Phi) is 2.88. The molecule has 2 atom stereocenters. The van der Waals surface area contributed by atoms with E-state index >= 15 is 0 Å². The average Bonchev–Trinajstić information content (AvgIpc) is 2.73. The normalized spacial score (nSPS) is 32.3. The van der Waals surface area contributed by atoms with Gasteiger partial charge < -0.3 is 5.73 Å². The summed E-state index contributed by atoms with van der Waals surface area (Å²) in [6.07, 6.45) is 3.56. The third kappa shape index (κ3) is 2.34. The van der Waals surface area contributed by atoms with Crippen LogP contribution in [0.15, 0.2) is 17.5 Å². The zero-order valence-electron chi connectivity index (χ0n) is 8.21. The van der Waals surface area contributed by atoms with Gasteiger partial charge >= 0.3 is 0 Å². The molecule has 2 N–H and O–H groups in total. The van der Waals surface area contributed by atoms with Gasteiger partial charge in [0.2, 0.25) is 0 Å². The fraction of sp³-hybridized carbons (Fsp3) is 0.636. The van der Waals surface area contributed by atoms with E-state index in [0.29, 0.717) is 19.3 Å². The number of aryl methyl sites for hydroxylation is 1. The van der Waals surface area contributed by atoms with E-state index in [1.807, 2.05) is 11.4 Å². The third-order valence-corrected chi connectivity index (χ3v) is 3.93. The van der Waals surface area contributed by atoms with Crippen LogP contribution in [0.2, 0.25) is 0 Å². The van der Waals surface area contributed by atoms with Gasteiger partial charge in [-0.3, -0.25) is 0 Å². The molecule has 1 heterocycles. The van der Waals surface area contributed by atoms with Gasteiger partial charge in [-0.15, -0.1) is 11.3 Å². The van der Waals surface area contributed by atoms with E-state index in [1.54, 1.807) is 11.3 Å². The van der Waals surface area contributed by atoms with E-state index in [1.165, 1.54) is 4.88 Å². The van der Waals surface area contributed by atoms with Gasteiger partial charge in [0.1, 0.15) is 5.67 Å². The van der Waals surface area contributed by atoms with Crippen molar-refractivity contribution < 1.29 is 4.39 Å². The molecule has 0 aromatic carbocycles. The first kappa shape index (κ1) is 10.1. The van der Waals surface area contributed by atoms with Crippen LogP contribution in [0.3, 0.4) is 0 Å². The number of nitrogens with two attached hydrogens (primary N) is 1. The quantitative estimate of drug-likeness (QED) is 0.821.